The molecule has 3 aromatic rings. The van der Waals surface area contributed by atoms with E-state index < -0.39 is 35.5 Å². The second-order valence-corrected chi connectivity index (χ2v) is 8.44. The molecule has 9 nitrogen and oxygen atoms in total. The standard InChI is InChI=1S/C22H24F3N5O4/c1-13(27-20(32)34-21(2,3)4)19(31)29(5)14-8-9-26-18(11-14)30-15(16-7-6-10-33-16)12-17(28-30)22(23,24)25/h6-13H,1-5H3,(H,27,32). The molecule has 0 spiro atoms. The van der Waals surface area contributed by atoms with E-state index in [0.717, 1.165) is 10.7 Å². The predicted molar refractivity (Wildman–Crippen MR) is 116 cm³/mol. The van der Waals surface area contributed by atoms with Gasteiger partial charge in [0.25, 0.3) is 0 Å². The Morgan fingerprint density at radius 3 is 2.50 bits per heavy atom. The van der Waals surface area contributed by atoms with Crippen molar-refractivity contribution >= 4 is 17.7 Å². The van der Waals surface area contributed by atoms with Crippen LogP contribution in [-0.4, -0.2) is 45.5 Å². The third kappa shape index (κ3) is 5.74. The van der Waals surface area contributed by atoms with Crippen molar-refractivity contribution in [1.82, 2.24) is 20.1 Å². The molecule has 0 saturated heterocycles. The Balaban J connectivity index is 1.88. The number of halogens is 3. The highest BCUT2D eigenvalue weighted by Gasteiger charge is 2.36. The first kappa shape index (κ1) is 24.8. The quantitative estimate of drug-likeness (QED) is 0.581. The molecule has 0 aliphatic heterocycles. The molecule has 34 heavy (non-hydrogen) atoms. The van der Waals surface area contributed by atoms with Gasteiger partial charge in [0, 0.05) is 31.1 Å². The molecule has 1 N–H and O–H groups in total. The number of aromatic nitrogens is 3. The molecule has 0 aromatic carbocycles. The minimum atomic E-state index is -4.68. The van der Waals surface area contributed by atoms with Crippen LogP contribution in [-0.2, 0) is 15.7 Å². The summed E-state index contributed by atoms with van der Waals surface area (Å²) in [5.41, 5.74) is -1.49. The highest BCUT2D eigenvalue weighted by Crippen LogP contribution is 2.33. The zero-order valence-electron chi connectivity index (χ0n) is 19.2. The van der Waals surface area contributed by atoms with E-state index in [4.69, 9.17) is 9.15 Å². The lowest BCUT2D eigenvalue weighted by Crippen LogP contribution is -2.47. The number of hydrogen-bond donors (Lipinski definition) is 1. The molecule has 0 saturated carbocycles. The number of pyridine rings is 1. The second kappa shape index (κ2) is 9.20. The minimum absolute atomic E-state index is 0.0341. The van der Waals surface area contributed by atoms with Gasteiger partial charge in [0.1, 0.15) is 17.3 Å². The molecular formula is C22H24F3N5O4. The number of alkyl carbamates (subject to hydrolysis) is 1. The lowest BCUT2D eigenvalue weighted by atomic mass is 10.2. The predicted octanol–water partition coefficient (Wildman–Crippen LogP) is 4.42. The van der Waals surface area contributed by atoms with Gasteiger partial charge in [-0.25, -0.2) is 14.5 Å². The number of nitrogens with one attached hydrogen (secondary N) is 1. The summed E-state index contributed by atoms with van der Waals surface area (Å²) in [5.74, 6) is -0.285. The van der Waals surface area contributed by atoms with Crippen molar-refractivity contribution in [3.63, 3.8) is 0 Å². The van der Waals surface area contributed by atoms with E-state index in [2.05, 4.69) is 15.4 Å². The van der Waals surface area contributed by atoms with Gasteiger partial charge in [-0.15, -0.1) is 0 Å². The molecule has 2 amide bonds. The number of nitrogens with zero attached hydrogens (tertiary/aromatic N) is 4. The topological polar surface area (TPSA) is 102 Å². The zero-order chi connectivity index (χ0) is 25.3. The first-order valence-electron chi connectivity index (χ1n) is 10.2. The fourth-order valence-corrected chi connectivity index (χ4v) is 2.99. The van der Waals surface area contributed by atoms with Crippen molar-refractivity contribution in [3.8, 4) is 17.3 Å². The van der Waals surface area contributed by atoms with Crippen LogP contribution < -0.4 is 10.2 Å². The molecule has 0 fully saturated rings. The van der Waals surface area contributed by atoms with E-state index in [1.807, 2.05) is 0 Å². The number of carbonyl (C=O) groups is 2. The Bertz CT molecular complexity index is 1170. The van der Waals surface area contributed by atoms with Gasteiger partial charge in [0.2, 0.25) is 5.91 Å². The first-order chi connectivity index (χ1) is 15.8. The van der Waals surface area contributed by atoms with Crippen LogP contribution in [0.25, 0.3) is 17.3 Å². The van der Waals surface area contributed by atoms with E-state index in [1.165, 1.54) is 55.6 Å². The number of furan rings is 1. The van der Waals surface area contributed by atoms with Crippen LogP contribution in [0.1, 0.15) is 33.4 Å². The highest BCUT2D eigenvalue weighted by atomic mass is 19.4. The maximum atomic E-state index is 13.3. The van der Waals surface area contributed by atoms with Crippen LogP contribution in [0.4, 0.5) is 23.7 Å². The van der Waals surface area contributed by atoms with Gasteiger partial charge in [-0.3, -0.25) is 4.79 Å². The molecule has 0 radical (unpaired) electrons. The summed E-state index contributed by atoms with van der Waals surface area (Å²) in [6.45, 7) is 6.57. The van der Waals surface area contributed by atoms with Gasteiger partial charge >= 0.3 is 12.3 Å². The number of alkyl halides is 3. The molecule has 0 aliphatic rings. The van der Waals surface area contributed by atoms with Crippen molar-refractivity contribution in [2.45, 2.75) is 45.5 Å². The second-order valence-electron chi connectivity index (χ2n) is 8.44. The molecule has 182 valence electrons. The summed E-state index contributed by atoms with van der Waals surface area (Å²) in [4.78, 5) is 30.2. The molecule has 3 aromatic heterocycles. The fourth-order valence-electron chi connectivity index (χ4n) is 2.99. The number of rotatable bonds is 5. The highest BCUT2D eigenvalue weighted by molar-refractivity contribution is 5.98. The fraction of sp³-hybridized carbons (Fsp3) is 0.364. The van der Waals surface area contributed by atoms with Crippen molar-refractivity contribution in [2.75, 3.05) is 11.9 Å². The summed E-state index contributed by atoms with van der Waals surface area (Å²) in [6.07, 6.45) is -2.77. The van der Waals surface area contributed by atoms with Crippen LogP contribution in [0.15, 0.2) is 47.2 Å². The number of anilines is 1. The molecule has 0 aliphatic carbocycles. The normalized spacial score (nSPS) is 12.8. The van der Waals surface area contributed by atoms with Gasteiger partial charge < -0.3 is 19.4 Å². The average Bonchev–Trinajstić information content (AvgIpc) is 3.40. The molecule has 0 bridgehead atoms. The summed E-state index contributed by atoms with van der Waals surface area (Å²) in [5, 5.41) is 6.11. The largest absolute Gasteiger partial charge is 0.463 e. The van der Waals surface area contributed by atoms with Gasteiger partial charge in [0.05, 0.1) is 6.26 Å². The molecular weight excluding hydrogens is 455 g/mol. The molecule has 3 rings (SSSR count). The molecule has 1 atom stereocenters. The summed E-state index contributed by atoms with van der Waals surface area (Å²) in [7, 11) is 1.46. The van der Waals surface area contributed by atoms with E-state index in [-0.39, 0.29) is 17.3 Å². The first-order valence-corrected chi connectivity index (χ1v) is 10.2. The van der Waals surface area contributed by atoms with Crippen molar-refractivity contribution in [1.29, 1.82) is 0 Å². The Labute approximate surface area is 193 Å². The third-order valence-electron chi connectivity index (χ3n) is 4.54. The van der Waals surface area contributed by atoms with Gasteiger partial charge in [-0.2, -0.15) is 18.3 Å². The van der Waals surface area contributed by atoms with Crippen LogP contribution >= 0.6 is 0 Å². The number of carbonyl (C=O) groups excluding carboxylic acids is 2. The molecule has 3 heterocycles. The monoisotopic (exact) mass is 479 g/mol. The maximum absolute atomic E-state index is 13.3. The number of amides is 2. The number of likely N-dealkylation sites (N-methyl/N-ethyl adjacent to an activating group) is 1. The van der Waals surface area contributed by atoms with Gasteiger partial charge in [-0.05, 0) is 45.9 Å². The molecule has 12 heteroatoms. The summed E-state index contributed by atoms with van der Waals surface area (Å²) < 4.78 is 51.4. The lowest BCUT2D eigenvalue weighted by molar-refractivity contribution is -0.141. The maximum Gasteiger partial charge on any atom is 0.435 e. The summed E-state index contributed by atoms with van der Waals surface area (Å²) in [6, 6.07) is 5.86. The van der Waals surface area contributed by atoms with E-state index >= 15 is 0 Å². The van der Waals surface area contributed by atoms with Gasteiger partial charge in [0.15, 0.2) is 17.3 Å². The Hall–Kier alpha value is -3.83. The van der Waals surface area contributed by atoms with Crippen molar-refractivity contribution < 1.29 is 31.9 Å². The van der Waals surface area contributed by atoms with Crippen LogP contribution in [0.5, 0.6) is 0 Å². The van der Waals surface area contributed by atoms with E-state index in [1.54, 1.807) is 20.8 Å². The van der Waals surface area contributed by atoms with E-state index in [9.17, 15) is 22.8 Å². The minimum Gasteiger partial charge on any atom is -0.463 e. The smallest absolute Gasteiger partial charge is 0.435 e. The number of ether oxygens (including phenoxy) is 1. The van der Waals surface area contributed by atoms with Gasteiger partial charge in [-0.1, -0.05) is 0 Å². The zero-order valence-corrected chi connectivity index (χ0v) is 19.2. The lowest BCUT2D eigenvalue weighted by Gasteiger charge is -2.24. The summed E-state index contributed by atoms with van der Waals surface area (Å²) >= 11 is 0. The third-order valence-corrected chi connectivity index (χ3v) is 4.54. The molecule has 1 unspecified atom stereocenters. The van der Waals surface area contributed by atoms with Crippen LogP contribution in [0.3, 0.4) is 0 Å². The van der Waals surface area contributed by atoms with Crippen molar-refractivity contribution in [2.24, 2.45) is 0 Å². The van der Waals surface area contributed by atoms with Crippen LogP contribution in [0, 0.1) is 0 Å². The average molecular weight is 479 g/mol. The SMILES string of the molecule is CC(NC(=O)OC(C)(C)C)C(=O)N(C)c1ccnc(-n2nc(C(F)(F)F)cc2-c2ccco2)c1. The van der Waals surface area contributed by atoms with E-state index in [0.29, 0.717) is 5.69 Å². The Morgan fingerprint density at radius 1 is 1.21 bits per heavy atom. The van der Waals surface area contributed by atoms with Crippen molar-refractivity contribution in [3.05, 3.63) is 48.5 Å². The Kier molecular flexibility index (Phi) is 6.71. The Morgan fingerprint density at radius 2 is 1.91 bits per heavy atom. The number of hydrogen-bond acceptors (Lipinski definition) is 6. The van der Waals surface area contributed by atoms with Crippen LogP contribution in [0.2, 0.25) is 0 Å².